The highest BCUT2D eigenvalue weighted by Crippen LogP contribution is 2.37. The maximum absolute atomic E-state index is 12.9. The molecule has 148 valence electrons. The second kappa shape index (κ2) is 7.20. The summed E-state index contributed by atoms with van der Waals surface area (Å²) in [6.07, 6.45) is 0. The average molecular weight is 474 g/mol. The van der Waals surface area contributed by atoms with Crippen LogP contribution in [0.3, 0.4) is 0 Å². The molecule has 29 heavy (non-hydrogen) atoms. The Morgan fingerprint density at radius 1 is 1.03 bits per heavy atom. The predicted molar refractivity (Wildman–Crippen MR) is 115 cm³/mol. The van der Waals surface area contributed by atoms with Crippen LogP contribution in [0.2, 0.25) is 0 Å². The number of halogens is 1. The molecule has 4 aromatic rings. The Morgan fingerprint density at radius 2 is 1.69 bits per heavy atom. The van der Waals surface area contributed by atoms with Crippen LogP contribution >= 0.6 is 15.9 Å². The molecule has 8 heteroatoms. The minimum atomic E-state index is -3.84. The number of esters is 1. The van der Waals surface area contributed by atoms with Crippen LogP contribution in [0.4, 0.5) is 5.69 Å². The quantitative estimate of drug-likeness (QED) is 0.409. The summed E-state index contributed by atoms with van der Waals surface area (Å²) in [7, 11) is -2.55. The zero-order valence-corrected chi connectivity index (χ0v) is 17.9. The Hall–Kier alpha value is -2.84. The number of methoxy groups -OCH3 is 1. The molecule has 1 N–H and O–H groups in total. The molecule has 0 aliphatic heterocycles. The van der Waals surface area contributed by atoms with Crippen molar-refractivity contribution in [2.24, 2.45) is 0 Å². The summed E-state index contributed by atoms with van der Waals surface area (Å²) in [5, 5.41) is 1.84. The van der Waals surface area contributed by atoms with Gasteiger partial charge in [0.2, 0.25) is 0 Å². The third kappa shape index (κ3) is 3.38. The van der Waals surface area contributed by atoms with Gasteiger partial charge in [-0.2, -0.15) is 0 Å². The summed E-state index contributed by atoms with van der Waals surface area (Å²) in [5.41, 5.74) is 1.13. The molecule has 0 aliphatic rings. The largest absolute Gasteiger partial charge is 0.465 e. The Balaban J connectivity index is 1.95. The molecule has 0 amide bonds. The van der Waals surface area contributed by atoms with Gasteiger partial charge in [0.1, 0.15) is 16.9 Å². The van der Waals surface area contributed by atoms with Crippen LogP contribution in [0.5, 0.6) is 0 Å². The van der Waals surface area contributed by atoms with Crippen molar-refractivity contribution in [2.75, 3.05) is 11.8 Å². The van der Waals surface area contributed by atoms with Crippen molar-refractivity contribution >= 4 is 59.4 Å². The molecule has 0 bridgehead atoms. The third-order valence-electron chi connectivity index (χ3n) is 4.63. The number of hydrogen-bond acceptors (Lipinski definition) is 5. The number of sulfonamides is 1. The molecule has 0 radical (unpaired) electrons. The molecule has 0 atom stereocenters. The highest BCUT2D eigenvalue weighted by atomic mass is 79.9. The standard InChI is InChI=1S/C21H16BrNO5S/c1-12-19(21(24)27-2)17-11-18(15-5-3-4-6-16(15)20(17)28-12)23-29(25,26)14-9-7-13(22)8-10-14/h3-11,23H,1-2H3. The average Bonchev–Trinajstić information content (AvgIpc) is 3.03. The van der Waals surface area contributed by atoms with Gasteiger partial charge in [0, 0.05) is 20.6 Å². The van der Waals surface area contributed by atoms with Crippen molar-refractivity contribution in [3.05, 3.63) is 70.4 Å². The zero-order valence-electron chi connectivity index (χ0n) is 15.5. The van der Waals surface area contributed by atoms with Gasteiger partial charge in [-0.05, 0) is 37.3 Å². The number of hydrogen-bond donors (Lipinski definition) is 1. The van der Waals surface area contributed by atoms with Gasteiger partial charge in [-0.3, -0.25) is 4.72 Å². The Kier molecular flexibility index (Phi) is 4.84. The number of ether oxygens (including phenoxy) is 1. The lowest BCUT2D eigenvalue weighted by atomic mass is 10.0. The van der Waals surface area contributed by atoms with E-state index in [2.05, 4.69) is 20.7 Å². The van der Waals surface area contributed by atoms with E-state index in [0.29, 0.717) is 33.2 Å². The molecule has 0 saturated heterocycles. The molecule has 4 rings (SSSR count). The van der Waals surface area contributed by atoms with E-state index in [1.165, 1.54) is 19.2 Å². The van der Waals surface area contributed by atoms with Crippen molar-refractivity contribution in [3.63, 3.8) is 0 Å². The second-order valence-corrected chi connectivity index (χ2v) is 9.03. The molecule has 0 spiro atoms. The summed E-state index contributed by atoms with van der Waals surface area (Å²) in [5.74, 6) is -0.136. The van der Waals surface area contributed by atoms with Gasteiger partial charge in [-0.15, -0.1) is 0 Å². The first kappa shape index (κ1) is 19.5. The van der Waals surface area contributed by atoms with Crippen LogP contribution in [0.25, 0.3) is 21.7 Å². The Morgan fingerprint density at radius 3 is 2.34 bits per heavy atom. The number of rotatable bonds is 4. The van der Waals surface area contributed by atoms with E-state index < -0.39 is 16.0 Å². The van der Waals surface area contributed by atoms with E-state index in [1.54, 1.807) is 31.2 Å². The van der Waals surface area contributed by atoms with Crippen molar-refractivity contribution in [1.29, 1.82) is 0 Å². The molecule has 1 heterocycles. The first-order valence-corrected chi connectivity index (χ1v) is 10.9. The summed E-state index contributed by atoms with van der Waals surface area (Å²) < 4.78 is 40.0. The Bertz CT molecular complexity index is 1360. The topological polar surface area (TPSA) is 85.6 Å². The fraction of sp³-hybridized carbons (Fsp3) is 0.0952. The van der Waals surface area contributed by atoms with Crippen LogP contribution in [0.1, 0.15) is 16.1 Å². The number of furan rings is 1. The van der Waals surface area contributed by atoms with Gasteiger partial charge in [0.15, 0.2) is 0 Å². The summed E-state index contributed by atoms with van der Waals surface area (Å²) in [6, 6.07) is 15.2. The predicted octanol–water partition coefficient (Wildman–Crippen LogP) is 5.24. The molecular weight excluding hydrogens is 458 g/mol. The molecule has 1 aromatic heterocycles. The summed E-state index contributed by atoms with van der Waals surface area (Å²) >= 11 is 3.30. The zero-order chi connectivity index (χ0) is 20.8. The molecular formula is C21H16BrNO5S. The fourth-order valence-electron chi connectivity index (χ4n) is 3.30. The van der Waals surface area contributed by atoms with Crippen LogP contribution in [-0.2, 0) is 14.8 Å². The van der Waals surface area contributed by atoms with Crippen molar-refractivity contribution < 1.29 is 22.4 Å². The number of aryl methyl sites for hydroxylation is 1. The summed E-state index contributed by atoms with van der Waals surface area (Å²) in [6.45, 7) is 1.67. The molecule has 0 saturated carbocycles. The van der Waals surface area contributed by atoms with E-state index in [1.807, 2.05) is 18.2 Å². The molecule has 0 fully saturated rings. The van der Waals surface area contributed by atoms with E-state index >= 15 is 0 Å². The maximum Gasteiger partial charge on any atom is 0.342 e. The lowest BCUT2D eigenvalue weighted by Crippen LogP contribution is -2.13. The monoisotopic (exact) mass is 473 g/mol. The van der Waals surface area contributed by atoms with Crippen LogP contribution in [0, 0.1) is 6.92 Å². The highest BCUT2D eigenvalue weighted by Gasteiger charge is 2.23. The minimum absolute atomic E-state index is 0.126. The van der Waals surface area contributed by atoms with E-state index in [9.17, 15) is 13.2 Å². The Labute approximate surface area is 175 Å². The molecule has 0 aliphatic carbocycles. The fourth-order valence-corrected chi connectivity index (χ4v) is 4.63. The number of benzene rings is 3. The van der Waals surface area contributed by atoms with Crippen LogP contribution in [0.15, 0.2) is 68.4 Å². The number of carbonyl (C=O) groups excluding carboxylic acids is 1. The first-order valence-electron chi connectivity index (χ1n) is 8.63. The van der Waals surface area contributed by atoms with E-state index in [-0.39, 0.29) is 10.5 Å². The third-order valence-corrected chi connectivity index (χ3v) is 6.54. The smallest absolute Gasteiger partial charge is 0.342 e. The second-order valence-electron chi connectivity index (χ2n) is 6.43. The van der Waals surface area contributed by atoms with Crippen LogP contribution < -0.4 is 4.72 Å². The minimum Gasteiger partial charge on any atom is -0.465 e. The molecule has 6 nitrogen and oxygen atoms in total. The van der Waals surface area contributed by atoms with E-state index in [4.69, 9.17) is 9.15 Å². The maximum atomic E-state index is 12.9. The number of carbonyl (C=O) groups is 1. The van der Waals surface area contributed by atoms with Crippen molar-refractivity contribution in [1.82, 2.24) is 0 Å². The van der Waals surface area contributed by atoms with Crippen molar-refractivity contribution in [2.45, 2.75) is 11.8 Å². The number of anilines is 1. The van der Waals surface area contributed by atoms with Gasteiger partial charge in [-0.1, -0.05) is 40.2 Å². The summed E-state index contributed by atoms with van der Waals surface area (Å²) in [4.78, 5) is 12.4. The van der Waals surface area contributed by atoms with Gasteiger partial charge in [-0.25, -0.2) is 13.2 Å². The van der Waals surface area contributed by atoms with Gasteiger partial charge in [0.25, 0.3) is 10.0 Å². The molecule has 0 unspecified atom stereocenters. The lowest BCUT2D eigenvalue weighted by molar-refractivity contribution is 0.0600. The van der Waals surface area contributed by atoms with Crippen LogP contribution in [-0.4, -0.2) is 21.5 Å². The van der Waals surface area contributed by atoms with Gasteiger partial charge < -0.3 is 9.15 Å². The molecule has 3 aromatic carbocycles. The number of nitrogens with one attached hydrogen (secondary N) is 1. The van der Waals surface area contributed by atoms with Crippen molar-refractivity contribution in [3.8, 4) is 0 Å². The lowest BCUT2D eigenvalue weighted by Gasteiger charge is -2.12. The highest BCUT2D eigenvalue weighted by molar-refractivity contribution is 9.10. The first-order chi connectivity index (χ1) is 13.8. The SMILES string of the molecule is COC(=O)c1c(C)oc2c1cc(NS(=O)(=O)c1ccc(Br)cc1)c1ccccc12. The van der Waals surface area contributed by atoms with E-state index in [0.717, 1.165) is 4.47 Å². The van der Waals surface area contributed by atoms with Gasteiger partial charge in [0.05, 0.1) is 17.7 Å². The van der Waals surface area contributed by atoms with Gasteiger partial charge >= 0.3 is 5.97 Å². The number of fused-ring (bicyclic) bond motifs is 3. The normalized spacial score (nSPS) is 11.7.